The Morgan fingerprint density at radius 2 is 1.92 bits per heavy atom. The zero-order valence-electron chi connectivity index (χ0n) is 12.5. The maximum Gasteiger partial charge on any atom is 0.336 e. The Hall–Kier alpha value is -2.79. The predicted molar refractivity (Wildman–Crippen MR) is 89.1 cm³/mol. The number of phenolic OH excluding ortho intramolecular Hbond substituents is 1. The Labute approximate surface area is 142 Å². The topological polar surface area (TPSA) is 76.7 Å². The molecule has 3 rings (SSSR count). The highest BCUT2D eigenvalue weighted by atomic mass is 35.5. The quantitative estimate of drug-likeness (QED) is 0.579. The largest absolute Gasteiger partial charge is 0.508 e. The maximum atomic E-state index is 12.0. The van der Waals surface area contributed by atoms with Gasteiger partial charge >= 0.3 is 11.6 Å². The molecule has 0 radical (unpaired) electrons. The summed E-state index contributed by atoms with van der Waals surface area (Å²) in [5, 5.41) is 10.6. The first-order valence-corrected chi connectivity index (χ1v) is 7.55. The van der Waals surface area contributed by atoms with Gasteiger partial charge in [-0.05, 0) is 23.8 Å². The van der Waals surface area contributed by atoms with Gasteiger partial charge in [-0.1, -0.05) is 29.8 Å². The fourth-order valence-corrected chi connectivity index (χ4v) is 2.55. The van der Waals surface area contributed by atoms with Crippen LogP contribution in [0.2, 0.25) is 5.02 Å². The maximum absolute atomic E-state index is 12.0. The Morgan fingerprint density at radius 3 is 2.71 bits per heavy atom. The Kier molecular flexibility index (Phi) is 4.53. The van der Waals surface area contributed by atoms with E-state index in [2.05, 4.69) is 0 Å². The summed E-state index contributed by atoms with van der Waals surface area (Å²) in [7, 11) is 0. The molecule has 122 valence electrons. The lowest BCUT2D eigenvalue weighted by Gasteiger charge is -2.08. The Balaban J connectivity index is 1.77. The van der Waals surface area contributed by atoms with Crippen molar-refractivity contribution in [2.75, 3.05) is 0 Å². The molecule has 0 fully saturated rings. The molecule has 5 nitrogen and oxygen atoms in total. The van der Waals surface area contributed by atoms with Crippen LogP contribution in [0.1, 0.15) is 11.1 Å². The van der Waals surface area contributed by atoms with Gasteiger partial charge in [-0.2, -0.15) is 0 Å². The number of esters is 1. The number of hydrogen-bond donors (Lipinski definition) is 1. The molecule has 0 aliphatic heterocycles. The first-order valence-electron chi connectivity index (χ1n) is 7.18. The molecule has 24 heavy (non-hydrogen) atoms. The van der Waals surface area contributed by atoms with E-state index in [9.17, 15) is 14.7 Å². The number of phenols is 1. The molecule has 6 heteroatoms. The van der Waals surface area contributed by atoms with E-state index in [0.717, 1.165) is 0 Å². The lowest BCUT2D eigenvalue weighted by molar-refractivity contribution is -0.144. The highest BCUT2D eigenvalue weighted by molar-refractivity contribution is 6.31. The van der Waals surface area contributed by atoms with E-state index in [1.165, 1.54) is 18.2 Å². The number of rotatable bonds is 4. The van der Waals surface area contributed by atoms with Crippen molar-refractivity contribution in [1.82, 2.24) is 0 Å². The van der Waals surface area contributed by atoms with Crippen LogP contribution >= 0.6 is 11.6 Å². The molecule has 0 amide bonds. The summed E-state index contributed by atoms with van der Waals surface area (Å²) >= 11 is 6.01. The molecule has 0 unspecified atom stereocenters. The monoisotopic (exact) mass is 344 g/mol. The average Bonchev–Trinajstić information content (AvgIpc) is 2.54. The number of aromatic hydroxyl groups is 1. The van der Waals surface area contributed by atoms with Gasteiger partial charge < -0.3 is 14.3 Å². The number of fused-ring (bicyclic) bond motifs is 1. The third-order valence-corrected chi connectivity index (χ3v) is 3.86. The molecule has 0 saturated carbocycles. The number of halogens is 1. The number of hydrogen-bond acceptors (Lipinski definition) is 5. The summed E-state index contributed by atoms with van der Waals surface area (Å²) < 4.78 is 10.3. The molecular formula is C18H13ClO5. The Morgan fingerprint density at radius 1 is 1.12 bits per heavy atom. The van der Waals surface area contributed by atoms with Crippen molar-refractivity contribution in [3.63, 3.8) is 0 Å². The molecule has 2 aromatic carbocycles. The highest BCUT2D eigenvalue weighted by Crippen LogP contribution is 2.22. The van der Waals surface area contributed by atoms with E-state index < -0.39 is 11.6 Å². The van der Waals surface area contributed by atoms with Crippen LogP contribution in [0.4, 0.5) is 0 Å². The van der Waals surface area contributed by atoms with Crippen LogP contribution in [0.5, 0.6) is 5.75 Å². The van der Waals surface area contributed by atoms with E-state index in [1.54, 1.807) is 30.3 Å². The van der Waals surface area contributed by atoms with E-state index in [-0.39, 0.29) is 24.4 Å². The van der Waals surface area contributed by atoms with Gasteiger partial charge in [-0.15, -0.1) is 0 Å². The van der Waals surface area contributed by atoms with Crippen molar-refractivity contribution in [1.29, 1.82) is 0 Å². The van der Waals surface area contributed by atoms with Crippen LogP contribution in [0.25, 0.3) is 11.0 Å². The van der Waals surface area contributed by atoms with Crippen molar-refractivity contribution in [2.24, 2.45) is 0 Å². The van der Waals surface area contributed by atoms with Crippen molar-refractivity contribution in [2.45, 2.75) is 13.0 Å². The van der Waals surface area contributed by atoms with Crippen molar-refractivity contribution >= 4 is 28.5 Å². The minimum Gasteiger partial charge on any atom is -0.508 e. The number of ether oxygens (including phenoxy) is 1. The third-order valence-electron chi connectivity index (χ3n) is 3.50. The molecule has 0 saturated heterocycles. The van der Waals surface area contributed by atoms with E-state index in [1.807, 2.05) is 0 Å². The molecule has 0 spiro atoms. The minimum absolute atomic E-state index is 0.0153. The number of carbonyl (C=O) groups is 1. The molecule has 0 aliphatic rings. The van der Waals surface area contributed by atoms with E-state index in [0.29, 0.717) is 21.5 Å². The van der Waals surface area contributed by atoms with Crippen LogP contribution in [0, 0.1) is 0 Å². The summed E-state index contributed by atoms with van der Waals surface area (Å²) in [6.45, 7) is -0.0733. The van der Waals surface area contributed by atoms with E-state index in [4.69, 9.17) is 20.8 Å². The summed E-state index contributed by atoms with van der Waals surface area (Å²) in [4.78, 5) is 23.6. The van der Waals surface area contributed by atoms with Gasteiger partial charge in [-0.25, -0.2) is 4.79 Å². The molecule has 0 bridgehead atoms. The molecule has 1 N–H and O–H groups in total. The predicted octanol–water partition coefficient (Wildman–Crippen LogP) is 3.44. The molecule has 0 aliphatic carbocycles. The number of benzene rings is 2. The molecule has 3 aromatic rings. The van der Waals surface area contributed by atoms with Gasteiger partial charge in [-0.3, -0.25) is 4.79 Å². The first-order chi connectivity index (χ1) is 11.5. The van der Waals surface area contributed by atoms with Gasteiger partial charge in [0.2, 0.25) is 0 Å². The summed E-state index contributed by atoms with van der Waals surface area (Å²) in [5.74, 6) is -0.471. The van der Waals surface area contributed by atoms with Gasteiger partial charge in [0.25, 0.3) is 0 Å². The molecule has 0 atom stereocenters. The van der Waals surface area contributed by atoms with Crippen LogP contribution in [-0.4, -0.2) is 11.1 Å². The molecule has 1 aromatic heterocycles. The van der Waals surface area contributed by atoms with Crippen molar-refractivity contribution in [3.05, 3.63) is 75.1 Å². The van der Waals surface area contributed by atoms with E-state index >= 15 is 0 Å². The van der Waals surface area contributed by atoms with Gasteiger partial charge in [0, 0.05) is 28.1 Å². The lowest BCUT2D eigenvalue weighted by Crippen LogP contribution is -2.10. The fourth-order valence-electron chi connectivity index (χ4n) is 2.34. The highest BCUT2D eigenvalue weighted by Gasteiger charge is 2.11. The zero-order valence-corrected chi connectivity index (χ0v) is 13.2. The van der Waals surface area contributed by atoms with Crippen LogP contribution < -0.4 is 5.63 Å². The molecule has 1 heterocycles. The number of carbonyl (C=O) groups excluding carboxylic acids is 1. The standard InChI is InChI=1S/C18H13ClO5/c19-15-4-2-1-3-11(15)7-17(21)23-10-12-8-18(22)24-16-9-13(20)5-6-14(12)16/h1-6,8-9,20H,7,10H2. The second-order valence-electron chi connectivity index (χ2n) is 5.20. The summed E-state index contributed by atoms with van der Waals surface area (Å²) in [6, 6.07) is 12.7. The lowest BCUT2D eigenvalue weighted by atomic mass is 10.1. The molecular weight excluding hydrogens is 332 g/mol. The van der Waals surface area contributed by atoms with Crippen molar-refractivity contribution < 1.29 is 19.1 Å². The first kappa shape index (κ1) is 16.1. The van der Waals surface area contributed by atoms with Crippen LogP contribution in [0.3, 0.4) is 0 Å². The zero-order chi connectivity index (χ0) is 17.1. The summed E-state index contributed by atoms with van der Waals surface area (Å²) in [5.41, 5.74) is 0.838. The SMILES string of the molecule is O=C(Cc1ccccc1Cl)OCc1cc(=O)oc2cc(O)ccc12. The second kappa shape index (κ2) is 6.76. The summed E-state index contributed by atoms with van der Waals surface area (Å²) in [6.07, 6.45) is 0.0415. The van der Waals surface area contributed by atoms with Crippen molar-refractivity contribution in [3.8, 4) is 5.75 Å². The van der Waals surface area contributed by atoms with Gasteiger partial charge in [0.1, 0.15) is 17.9 Å². The van der Waals surface area contributed by atoms with Crippen LogP contribution in [-0.2, 0) is 22.6 Å². The average molecular weight is 345 g/mol. The normalized spacial score (nSPS) is 10.7. The van der Waals surface area contributed by atoms with Gasteiger partial charge in [0.05, 0.1) is 6.42 Å². The van der Waals surface area contributed by atoms with Gasteiger partial charge in [0.15, 0.2) is 0 Å². The van der Waals surface area contributed by atoms with Crippen LogP contribution in [0.15, 0.2) is 57.7 Å². The minimum atomic E-state index is -0.578. The Bertz CT molecular complexity index is 961. The second-order valence-corrected chi connectivity index (χ2v) is 5.61. The fraction of sp³-hybridized carbons (Fsp3) is 0.111. The smallest absolute Gasteiger partial charge is 0.336 e. The third kappa shape index (κ3) is 3.58.